The number of aryl methyl sites for hydroxylation is 1. The lowest BCUT2D eigenvalue weighted by Gasteiger charge is -2.13. The summed E-state index contributed by atoms with van der Waals surface area (Å²) in [5.41, 5.74) is 0.350. The summed E-state index contributed by atoms with van der Waals surface area (Å²) >= 11 is 3.32. The molecule has 0 amide bonds. The number of nitrogens with one attached hydrogen (secondary N) is 1. The van der Waals surface area contributed by atoms with E-state index >= 15 is 0 Å². The Kier molecular flexibility index (Phi) is 4.32. The second kappa shape index (κ2) is 5.83. The highest BCUT2D eigenvalue weighted by Gasteiger charge is 2.32. The summed E-state index contributed by atoms with van der Waals surface area (Å²) < 4.78 is 39.4. The minimum Gasteiger partial charge on any atom is -0.366 e. The summed E-state index contributed by atoms with van der Waals surface area (Å²) in [4.78, 5) is 4.24. The number of hydrogen-bond acceptors (Lipinski definition) is 2. The second-order valence-corrected chi connectivity index (χ2v) is 5.13. The van der Waals surface area contributed by atoms with Crippen LogP contribution in [0.5, 0.6) is 0 Å². The van der Waals surface area contributed by atoms with Gasteiger partial charge in [0.1, 0.15) is 5.82 Å². The molecule has 106 valence electrons. The number of alkyl halides is 3. The van der Waals surface area contributed by atoms with E-state index in [1.54, 1.807) is 18.2 Å². The quantitative estimate of drug-likeness (QED) is 0.866. The molecule has 0 saturated heterocycles. The van der Waals surface area contributed by atoms with Gasteiger partial charge in [-0.25, -0.2) is 4.98 Å². The number of aromatic nitrogens is 1. The topological polar surface area (TPSA) is 24.9 Å². The van der Waals surface area contributed by atoms with Crippen LogP contribution in [0.1, 0.15) is 16.8 Å². The van der Waals surface area contributed by atoms with E-state index in [1.165, 1.54) is 12.1 Å². The Morgan fingerprint density at radius 2 is 1.85 bits per heavy atom. The van der Waals surface area contributed by atoms with Gasteiger partial charge in [-0.1, -0.05) is 18.2 Å². The van der Waals surface area contributed by atoms with Crippen LogP contribution in [0.2, 0.25) is 0 Å². The third-order valence-electron chi connectivity index (χ3n) is 2.80. The largest absolute Gasteiger partial charge is 0.416 e. The predicted octanol–water partition coefficient (Wildman–Crippen LogP) is 4.78. The van der Waals surface area contributed by atoms with E-state index in [1.807, 2.05) is 6.92 Å². The van der Waals surface area contributed by atoms with Gasteiger partial charge in [-0.05, 0) is 46.6 Å². The summed E-state index contributed by atoms with van der Waals surface area (Å²) in [6.45, 7) is 1.89. The van der Waals surface area contributed by atoms with Crippen molar-refractivity contribution in [3.63, 3.8) is 0 Å². The lowest BCUT2D eigenvalue weighted by Crippen LogP contribution is -2.12. The van der Waals surface area contributed by atoms with E-state index in [4.69, 9.17) is 0 Å². The van der Waals surface area contributed by atoms with Gasteiger partial charge in [0.2, 0.25) is 0 Å². The first-order valence-electron chi connectivity index (χ1n) is 5.90. The van der Waals surface area contributed by atoms with Gasteiger partial charge in [0.05, 0.1) is 11.3 Å². The molecule has 0 bridgehead atoms. The number of benzene rings is 1. The monoisotopic (exact) mass is 344 g/mol. The number of anilines is 1. The molecule has 2 nitrogen and oxygen atoms in total. The Bertz CT molecular complexity index is 612. The molecular formula is C14H12BrF3N2. The zero-order chi connectivity index (χ0) is 14.8. The zero-order valence-corrected chi connectivity index (χ0v) is 12.2. The third-order valence-corrected chi connectivity index (χ3v) is 3.64. The molecule has 1 aromatic heterocycles. The minimum atomic E-state index is -4.35. The van der Waals surface area contributed by atoms with Crippen LogP contribution in [-0.4, -0.2) is 4.98 Å². The number of rotatable bonds is 3. The van der Waals surface area contributed by atoms with E-state index in [9.17, 15) is 13.2 Å². The highest BCUT2D eigenvalue weighted by molar-refractivity contribution is 9.10. The van der Waals surface area contributed by atoms with Crippen molar-refractivity contribution in [2.24, 2.45) is 0 Å². The maximum Gasteiger partial charge on any atom is 0.416 e. The number of nitrogens with zero attached hydrogens (tertiary/aromatic N) is 1. The summed E-state index contributed by atoms with van der Waals surface area (Å²) in [5, 5.41) is 2.91. The maximum atomic E-state index is 12.8. The molecule has 0 atom stereocenters. The molecule has 0 aliphatic carbocycles. The molecule has 0 radical (unpaired) electrons. The average molecular weight is 345 g/mol. The van der Waals surface area contributed by atoms with Crippen molar-refractivity contribution in [2.75, 3.05) is 5.32 Å². The van der Waals surface area contributed by atoms with Crippen LogP contribution < -0.4 is 5.32 Å². The third kappa shape index (κ3) is 3.50. The van der Waals surface area contributed by atoms with Gasteiger partial charge in [-0.3, -0.25) is 0 Å². The molecule has 2 rings (SSSR count). The predicted molar refractivity (Wildman–Crippen MR) is 75.4 cm³/mol. The van der Waals surface area contributed by atoms with Crippen molar-refractivity contribution < 1.29 is 13.2 Å². The van der Waals surface area contributed by atoms with Crippen LogP contribution in [0.4, 0.5) is 19.0 Å². The van der Waals surface area contributed by atoms with Gasteiger partial charge >= 0.3 is 6.18 Å². The van der Waals surface area contributed by atoms with Gasteiger partial charge in [-0.2, -0.15) is 13.2 Å². The standard InChI is InChI=1S/C14H12BrF3N2/c1-9-12(15)6-7-13(20-9)19-8-10-4-2-3-5-11(10)14(16,17)18/h2-7H,8H2,1H3,(H,19,20). The van der Waals surface area contributed by atoms with Crippen LogP contribution in [0.15, 0.2) is 40.9 Å². The molecule has 0 aliphatic rings. The number of pyridine rings is 1. The molecule has 6 heteroatoms. The van der Waals surface area contributed by atoms with E-state index < -0.39 is 11.7 Å². The average Bonchev–Trinajstić information content (AvgIpc) is 2.39. The molecule has 1 N–H and O–H groups in total. The van der Waals surface area contributed by atoms with Crippen molar-refractivity contribution in [3.8, 4) is 0 Å². The molecule has 2 aromatic rings. The fourth-order valence-corrected chi connectivity index (χ4v) is 2.00. The minimum absolute atomic E-state index is 0.0732. The van der Waals surface area contributed by atoms with Crippen LogP contribution >= 0.6 is 15.9 Å². The smallest absolute Gasteiger partial charge is 0.366 e. The first-order chi connectivity index (χ1) is 9.38. The fourth-order valence-electron chi connectivity index (χ4n) is 1.78. The van der Waals surface area contributed by atoms with Gasteiger partial charge in [-0.15, -0.1) is 0 Å². The summed E-state index contributed by atoms with van der Waals surface area (Å²) in [7, 11) is 0. The zero-order valence-electron chi connectivity index (χ0n) is 10.6. The van der Waals surface area contributed by atoms with Crippen molar-refractivity contribution in [1.82, 2.24) is 4.98 Å². The van der Waals surface area contributed by atoms with Gasteiger partial charge < -0.3 is 5.32 Å². The highest BCUT2D eigenvalue weighted by Crippen LogP contribution is 2.32. The molecule has 0 saturated carbocycles. The van der Waals surface area contributed by atoms with E-state index in [2.05, 4.69) is 26.2 Å². The van der Waals surface area contributed by atoms with Crippen LogP contribution in [-0.2, 0) is 12.7 Å². The molecule has 1 aromatic carbocycles. The van der Waals surface area contributed by atoms with Crippen molar-refractivity contribution >= 4 is 21.7 Å². The van der Waals surface area contributed by atoms with Crippen molar-refractivity contribution in [2.45, 2.75) is 19.6 Å². The molecule has 0 aliphatic heterocycles. The Labute approximate surface area is 123 Å². The fraction of sp³-hybridized carbons (Fsp3) is 0.214. The Balaban J connectivity index is 2.17. The first-order valence-corrected chi connectivity index (χ1v) is 6.69. The van der Waals surface area contributed by atoms with E-state index in [-0.39, 0.29) is 12.1 Å². The summed E-state index contributed by atoms with van der Waals surface area (Å²) in [6.07, 6.45) is -4.35. The first kappa shape index (κ1) is 14.8. The van der Waals surface area contributed by atoms with Gasteiger partial charge in [0.25, 0.3) is 0 Å². The van der Waals surface area contributed by atoms with Crippen molar-refractivity contribution in [1.29, 1.82) is 0 Å². The molecular weight excluding hydrogens is 333 g/mol. The summed E-state index contributed by atoms with van der Waals surface area (Å²) in [5.74, 6) is 0.544. The van der Waals surface area contributed by atoms with Gasteiger partial charge in [0.15, 0.2) is 0 Å². The lowest BCUT2D eigenvalue weighted by molar-refractivity contribution is -0.138. The maximum absolute atomic E-state index is 12.8. The number of hydrogen-bond donors (Lipinski definition) is 1. The molecule has 20 heavy (non-hydrogen) atoms. The van der Waals surface area contributed by atoms with E-state index in [0.717, 1.165) is 16.2 Å². The number of halogens is 4. The van der Waals surface area contributed by atoms with Crippen molar-refractivity contribution in [3.05, 3.63) is 57.7 Å². The normalized spacial score (nSPS) is 11.4. The Morgan fingerprint density at radius 1 is 1.15 bits per heavy atom. The van der Waals surface area contributed by atoms with Crippen LogP contribution in [0.3, 0.4) is 0 Å². The van der Waals surface area contributed by atoms with Gasteiger partial charge in [0, 0.05) is 11.0 Å². The molecule has 0 fully saturated rings. The Morgan fingerprint density at radius 3 is 2.50 bits per heavy atom. The lowest BCUT2D eigenvalue weighted by atomic mass is 10.1. The molecule has 1 heterocycles. The molecule has 0 unspecified atom stereocenters. The van der Waals surface area contributed by atoms with Crippen LogP contribution in [0, 0.1) is 6.92 Å². The van der Waals surface area contributed by atoms with Crippen LogP contribution in [0.25, 0.3) is 0 Å². The second-order valence-electron chi connectivity index (χ2n) is 4.27. The SMILES string of the molecule is Cc1nc(NCc2ccccc2C(F)(F)F)ccc1Br. The Hall–Kier alpha value is -1.56. The highest BCUT2D eigenvalue weighted by atomic mass is 79.9. The summed E-state index contributed by atoms with van der Waals surface area (Å²) in [6, 6.07) is 9.04. The molecule has 0 spiro atoms. The van der Waals surface area contributed by atoms with E-state index in [0.29, 0.717) is 5.82 Å².